The third-order valence-electron chi connectivity index (χ3n) is 0.461. The Morgan fingerprint density at radius 2 is 1.86 bits per heavy atom. The van der Waals surface area contributed by atoms with Gasteiger partial charge in [0, 0.05) is 0 Å². The number of aliphatic hydroxyl groups excluding tert-OH is 1. The number of hydrogen-bond donors (Lipinski definition) is 3. The van der Waals surface area contributed by atoms with Gasteiger partial charge in [-0.2, -0.15) is 10.2 Å². The van der Waals surface area contributed by atoms with E-state index in [0.717, 1.165) is 0 Å². The summed E-state index contributed by atoms with van der Waals surface area (Å²) < 4.78 is 0. The lowest BCUT2D eigenvalue weighted by Gasteiger charge is -1.91. The maximum atomic E-state index is 8.10. The lowest BCUT2D eigenvalue weighted by molar-refractivity contribution is 0.260. The van der Waals surface area contributed by atoms with Gasteiger partial charge in [-0.15, -0.1) is 0 Å². The first-order valence-electron chi connectivity index (χ1n) is 1.69. The Labute approximate surface area is 40.4 Å². The molecular formula is C2H6N4O. The van der Waals surface area contributed by atoms with Crippen molar-refractivity contribution in [2.24, 2.45) is 10.2 Å². The molecule has 0 aromatic heterocycles. The molecule has 0 aromatic carbocycles. The Bertz CT molecular complexity index is 64.1. The second-order valence-electron chi connectivity index (χ2n) is 0.921. The van der Waals surface area contributed by atoms with Gasteiger partial charge in [0.1, 0.15) is 0 Å². The summed E-state index contributed by atoms with van der Waals surface area (Å²) in [5, 5.41) is 13.6. The van der Waals surface area contributed by atoms with E-state index < -0.39 is 6.17 Å². The zero-order valence-corrected chi connectivity index (χ0v) is 3.63. The van der Waals surface area contributed by atoms with Gasteiger partial charge in [-0.25, -0.2) is 11.1 Å². The van der Waals surface area contributed by atoms with Gasteiger partial charge in [-0.3, -0.25) is 0 Å². The van der Waals surface area contributed by atoms with E-state index in [-0.39, 0.29) is 6.61 Å². The van der Waals surface area contributed by atoms with Crippen molar-refractivity contribution in [3.8, 4) is 0 Å². The fourth-order valence-electron chi connectivity index (χ4n) is 0.111. The highest BCUT2D eigenvalue weighted by molar-refractivity contribution is 4.49. The van der Waals surface area contributed by atoms with Crippen LogP contribution in [0.25, 0.3) is 0 Å². The maximum absolute atomic E-state index is 8.10. The molecule has 0 spiro atoms. The Hall–Kier alpha value is -0.840. The van der Waals surface area contributed by atoms with Gasteiger partial charge in [-0.1, -0.05) is 0 Å². The molecule has 0 aromatic rings. The zero-order chi connectivity index (χ0) is 5.70. The second-order valence-corrected chi connectivity index (χ2v) is 0.921. The van der Waals surface area contributed by atoms with Crippen LogP contribution in [0.3, 0.4) is 0 Å². The van der Waals surface area contributed by atoms with Crippen molar-refractivity contribution in [3.05, 3.63) is 0 Å². The molecule has 0 amide bonds. The average Bonchev–Trinajstić information content (AvgIpc) is 1.72. The molecule has 0 unspecified atom stereocenters. The Morgan fingerprint density at radius 1 is 1.43 bits per heavy atom. The van der Waals surface area contributed by atoms with Crippen LogP contribution in [-0.2, 0) is 0 Å². The average molecular weight is 102 g/mol. The number of aliphatic hydroxyl groups is 1. The van der Waals surface area contributed by atoms with Crippen molar-refractivity contribution in [1.29, 1.82) is 11.1 Å². The number of rotatable bonds is 3. The van der Waals surface area contributed by atoms with Crippen molar-refractivity contribution in [1.82, 2.24) is 0 Å². The fourth-order valence-corrected chi connectivity index (χ4v) is 0.111. The van der Waals surface area contributed by atoms with E-state index in [2.05, 4.69) is 10.2 Å². The summed E-state index contributed by atoms with van der Waals surface area (Å²) in [4.78, 5) is 0. The molecule has 0 saturated carbocycles. The first-order chi connectivity index (χ1) is 3.35. The van der Waals surface area contributed by atoms with Crippen molar-refractivity contribution in [2.75, 3.05) is 6.61 Å². The third kappa shape index (κ3) is 1.94. The molecule has 5 nitrogen and oxygen atoms in total. The first-order valence-corrected chi connectivity index (χ1v) is 1.69. The molecule has 0 fully saturated rings. The molecule has 0 saturated heterocycles. The minimum absolute atomic E-state index is 0.354. The Morgan fingerprint density at radius 3 is 1.86 bits per heavy atom. The summed E-state index contributed by atoms with van der Waals surface area (Å²) in [6.45, 7) is -0.354. The number of nitrogens with zero attached hydrogens (tertiary/aromatic N) is 2. The van der Waals surface area contributed by atoms with Crippen molar-refractivity contribution in [3.63, 3.8) is 0 Å². The Kier molecular flexibility index (Phi) is 2.95. The molecule has 0 aliphatic heterocycles. The van der Waals surface area contributed by atoms with Crippen molar-refractivity contribution < 1.29 is 5.11 Å². The monoisotopic (exact) mass is 102 g/mol. The van der Waals surface area contributed by atoms with E-state index in [1.54, 1.807) is 0 Å². The molecule has 0 heterocycles. The standard InChI is InChI=1S/C2H6N4O/c3-5-2(1-7)6-4/h2-4,7H,1H2. The second kappa shape index (κ2) is 3.35. The zero-order valence-electron chi connectivity index (χ0n) is 3.63. The van der Waals surface area contributed by atoms with E-state index in [9.17, 15) is 0 Å². The highest BCUT2D eigenvalue weighted by atomic mass is 16.3. The molecule has 7 heavy (non-hydrogen) atoms. The van der Waals surface area contributed by atoms with E-state index in [1.165, 1.54) is 0 Å². The molecule has 0 atom stereocenters. The normalized spacial score (nSPS) is 12.7. The maximum Gasteiger partial charge on any atom is 0.203 e. The predicted molar refractivity (Wildman–Crippen MR) is 21.2 cm³/mol. The Balaban J connectivity index is 3.36. The third-order valence-corrected chi connectivity index (χ3v) is 0.461. The molecule has 0 aliphatic carbocycles. The van der Waals surface area contributed by atoms with Crippen LogP contribution in [0.15, 0.2) is 10.2 Å². The molecule has 3 N–H and O–H groups in total. The smallest absolute Gasteiger partial charge is 0.203 e. The minimum Gasteiger partial charge on any atom is -0.392 e. The van der Waals surface area contributed by atoms with Gasteiger partial charge in [0.05, 0.1) is 6.61 Å². The molecule has 0 aliphatic rings. The van der Waals surface area contributed by atoms with Gasteiger partial charge in [0.15, 0.2) is 0 Å². The first kappa shape index (κ1) is 6.16. The summed E-state index contributed by atoms with van der Waals surface area (Å²) >= 11 is 0. The highest BCUT2D eigenvalue weighted by Gasteiger charge is 1.96. The summed E-state index contributed by atoms with van der Waals surface area (Å²) in [6.07, 6.45) is -0.875. The van der Waals surface area contributed by atoms with Gasteiger partial charge in [-0.05, 0) is 0 Å². The quantitative estimate of drug-likeness (QED) is 0.441. The van der Waals surface area contributed by atoms with Crippen molar-refractivity contribution in [2.45, 2.75) is 6.17 Å². The fraction of sp³-hybridized carbons (Fsp3) is 1.00. The molecule has 40 valence electrons. The van der Waals surface area contributed by atoms with Crippen LogP contribution < -0.4 is 0 Å². The van der Waals surface area contributed by atoms with Crippen molar-refractivity contribution >= 4 is 0 Å². The molecule has 0 bridgehead atoms. The van der Waals surface area contributed by atoms with E-state index in [1.807, 2.05) is 0 Å². The number of hydrogen-bond acceptors (Lipinski definition) is 5. The van der Waals surface area contributed by atoms with Crippen LogP contribution in [0, 0.1) is 11.1 Å². The topological polar surface area (TPSA) is 92.7 Å². The van der Waals surface area contributed by atoms with Crippen LogP contribution in [0.1, 0.15) is 0 Å². The van der Waals surface area contributed by atoms with Gasteiger partial charge in [0.25, 0.3) is 0 Å². The summed E-state index contributed by atoms with van der Waals surface area (Å²) in [6, 6.07) is 0. The summed E-state index contributed by atoms with van der Waals surface area (Å²) in [5.41, 5.74) is 12.4. The van der Waals surface area contributed by atoms with Crippen LogP contribution >= 0.6 is 0 Å². The molecule has 5 heteroatoms. The van der Waals surface area contributed by atoms with Gasteiger partial charge in [0.2, 0.25) is 6.17 Å². The van der Waals surface area contributed by atoms with Gasteiger partial charge < -0.3 is 5.11 Å². The lowest BCUT2D eigenvalue weighted by Crippen LogP contribution is -2.02. The van der Waals surface area contributed by atoms with Crippen LogP contribution in [-0.4, -0.2) is 17.9 Å². The van der Waals surface area contributed by atoms with Crippen LogP contribution in [0.4, 0.5) is 0 Å². The highest BCUT2D eigenvalue weighted by Crippen LogP contribution is 1.86. The van der Waals surface area contributed by atoms with Gasteiger partial charge >= 0.3 is 0 Å². The van der Waals surface area contributed by atoms with Crippen LogP contribution in [0.5, 0.6) is 0 Å². The lowest BCUT2D eigenvalue weighted by atomic mass is 10.6. The minimum atomic E-state index is -0.875. The van der Waals surface area contributed by atoms with E-state index in [0.29, 0.717) is 0 Å². The van der Waals surface area contributed by atoms with Crippen LogP contribution in [0.2, 0.25) is 0 Å². The van der Waals surface area contributed by atoms with E-state index in [4.69, 9.17) is 16.2 Å². The SMILES string of the molecule is N=NC(CO)N=N. The number of nitrogens with one attached hydrogen (secondary N) is 2. The molecular weight excluding hydrogens is 96.0 g/mol. The summed E-state index contributed by atoms with van der Waals surface area (Å²) in [7, 11) is 0. The summed E-state index contributed by atoms with van der Waals surface area (Å²) in [5.74, 6) is 0. The predicted octanol–water partition coefficient (Wildman–Crippen LogP) is 0.367. The molecule has 0 radical (unpaired) electrons. The molecule has 0 rings (SSSR count). The largest absolute Gasteiger partial charge is 0.392 e. The van der Waals surface area contributed by atoms with E-state index >= 15 is 0 Å².